The molecule has 19 heavy (non-hydrogen) atoms. The summed E-state index contributed by atoms with van der Waals surface area (Å²) in [6, 6.07) is 7.65. The molecule has 100 valence electrons. The van der Waals surface area contributed by atoms with Gasteiger partial charge < -0.3 is 0 Å². The number of rotatable bonds is 2. The molecule has 0 heterocycles. The lowest BCUT2D eigenvalue weighted by atomic mass is 9.89. The third-order valence-electron chi connectivity index (χ3n) is 3.41. The van der Waals surface area contributed by atoms with E-state index in [4.69, 9.17) is 0 Å². The molecule has 0 fully saturated rings. The maximum atomic E-state index is 13.8. The van der Waals surface area contributed by atoms with E-state index >= 15 is 0 Å². The van der Waals surface area contributed by atoms with Crippen molar-refractivity contribution in [1.82, 2.24) is 0 Å². The van der Waals surface area contributed by atoms with Gasteiger partial charge in [0.25, 0.3) is 0 Å². The van der Waals surface area contributed by atoms with E-state index in [9.17, 15) is 8.78 Å². The SMILES string of the molecule is Cc1cc(-c2ccc(F)cc2F)cc(C)c1C(C)C. The molecule has 2 rings (SSSR count). The predicted octanol–water partition coefficient (Wildman–Crippen LogP) is 5.37. The second-order valence-corrected chi connectivity index (χ2v) is 5.30. The van der Waals surface area contributed by atoms with Crippen molar-refractivity contribution in [3.05, 3.63) is 58.7 Å². The van der Waals surface area contributed by atoms with E-state index in [2.05, 4.69) is 13.8 Å². The van der Waals surface area contributed by atoms with Gasteiger partial charge in [0.05, 0.1) is 0 Å². The summed E-state index contributed by atoms with van der Waals surface area (Å²) in [7, 11) is 0. The Morgan fingerprint density at radius 3 is 1.95 bits per heavy atom. The summed E-state index contributed by atoms with van der Waals surface area (Å²) in [5.74, 6) is -0.628. The number of hydrogen-bond donors (Lipinski definition) is 0. The minimum absolute atomic E-state index is 0.437. The van der Waals surface area contributed by atoms with Gasteiger partial charge in [-0.05, 0) is 54.2 Å². The standard InChI is InChI=1S/C17H18F2/c1-10(2)17-11(3)7-13(8-12(17)4)15-6-5-14(18)9-16(15)19/h5-10H,1-4H3. The molecule has 2 aromatic rings. The second-order valence-electron chi connectivity index (χ2n) is 5.30. The molecule has 0 saturated heterocycles. The first-order valence-electron chi connectivity index (χ1n) is 6.46. The highest BCUT2D eigenvalue weighted by Gasteiger charge is 2.12. The molecule has 0 nitrogen and oxygen atoms in total. The fraction of sp³-hybridized carbons (Fsp3) is 0.294. The molecule has 0 aliphatic heterocycles. The summed E-state index contributed by atoms with van der Waals surface area (Å²) >= 11 is 0. The van der Waals surface area contributed by atoms with Crippen molar-refractivity contribution in [1.29, 1.82) is 0 Å². The van der Waals surface area contributed by atoms with Gasteiger partial charge in [0.1, 0.15) is 11.6 Å². The van der Waals surface area contributed by atoms with Crippen LogP contribution in [0.5, 0.6) is 0 Å². The van der Waals surface area contributed by atoms with Gasteiger partial charge >= 0.3 is 0 Å². The lowest BCUT2D eigenvalue weighted by Gasteiger charge is -2.16. The Morgan fingerprint density at radius 1 is 0.895 bits per heavy atom. The Kier molecular flexibility index (Phi) is 3.70. The average Bonchev–Trinajstić information content (AvgIpc) is 2.26. The van der Waals surface area contributed by atoms with Crippen molar-refractivity contribution in [2.75, 3.05) is 0 Å². The second kappa shape index (κ2) is 5.12. The normalized spacial score (nSPS) is 11.1. The fourth-order valence-corrected chi connectivity index (χ4v) is 2.76. The zero-order valence-corrected chi connectivity index (χ0v) is 11.7. The highest BCUT2D eigenvalue weighted by atomic mass is 19.1. The minimum Gasteiger partial charge on any atom is -0.207 e. The molecule has 0 bridgehead atoms. The van der Waals surface area contributed by atoms with Gasteiger partial charge in [-0.2, -0.15) is 0 Å². The van der Waals surface area contributed by atoms with Crippen molar-refractivity contribution < 1.29 is 8.78 Å². The number of benzene rings is 2. The Balaban J connectivity index is 2.58. The number of aryl methyl sites for hydroxylation is 2. The molecule has 0 atom stereocenters. The van der Waals surface area contributed by atoms with Gasteiger partial charge in [0.2, 0.25) is 0 Å². The lowest BCUT2D eigenvalue weighted by Crippen LogP contribution is -1.98. The molecule has 0 aromatic heterocycles. The average molecular weight is 260 g/mol. The van der Waals surface area contributed by atoms with E-state index < -0.39 is 11.6 Å². The van der Waals surface area contributed by atoms with Crippen LogP contribution in [0, 0.1) is 25.5 Å². The molecule has 0 radical (unpaired) electrons. The van der Waals surface area contributed by atoms with Crippen molar-refractivity contribution in [3.63, 3.8) is 0 Å². The molecule has 0 aliphatic rings. The molecule has 2 aromatic carbocycles. The fourth-order valence-electron chi connectivity index (χ4n) is 2.76. The Hall–Kier alpha value is -1.70. The molecule has 0 saturated carbocycles. The van der Waals surface area contributed by atoms with Crippen LogP contribution >= 0.6 is 0 Å². The van der Waals surface area contributed by atoms with Crippen molar-refractivity contribution in [2.24, 2.45) is 0 Å². The van der Waals surface area contributed by atoms with Crippen LogP contribution in [0.25, 0.3) is 11.1 Å². The minimum atomic E-state index is -0.548. The van der Waals surface area contributed by atoms with Crippen molar-refractivity contribution in [3.8, 4) is 11.1 Å². The first-order chi connectivity index (χ1) is 8.90. The quantitative estimate of drug-likeness (QED) is 0.680. The molecule has 0 spiro atoms. The topological polar surface area (TPSA) is 0 Å². The monoisotopic (exact) mass is 260 g/mol. The summed E-state index contributed by atoms with van der Waals surface area (Å²) in [4.78, 5) is 0. The number of hydrogen-bond acceptors (Lipinski definition) is 0. The molecule has 0 unspecified atom stereocenters. The van der Waals surface area contributed by atoms with Gasteiger partial charge in [0.15, 0.2) is 0 Å². The zero-order valence-electron chi connectivity index (χ0n) is 11.7. The molecule has 2 heteroatoms. The Bertz CT molecular complexity index is 590. The Labute approximate surface area is 113 Å². The lowest BCUT2D eigenvalue weighted by molar-refractivity contribution is 0.585. The summed E-state index contributed by atoms with van der Waals surface area (Å²) in [5.41, 5.74) is 4.84. The van der Waals surface area contributed by atoms with Crippen LogP contribution < -0.4 is 0 Å². The first-order valence-corrected chi connectivity index (χ1v) is 6.46. The van der Waals surface area contributed by atoms with Crippen LogP contribution in [0.3, 0.4) is 0 Å². The van der Waals surface area contributed by atoms with Crippen molar-refractivity contribution >= 4 is 0 Å². The van der Waals surface area contributed by atoms with E-state index in [0.29, 0.717) is 11.5 Å². The Morgan fingerprint density at radius 2 is 1.47 bits per heavy atom. The van der Waals surface area contributed by atoms with E-state index in [-0.39, 0.29) is 0 Å². The molecular formula is C17H18F2. The third-order valence-corrected chi connectivity index (χ3v) is 3.41. The van der Waals surface area contributed by atoms with Crippen LogP contribution in [-0.4, -0.2) is 0 Å². The smallest absolute Gasteiger partial charge is 0.133 e. The first kappa shape index (κ1) is 13.7. The zero-order chi connectivity index (χ0) is 14.2. The van der Waals surface area contributed by atoms with Crippen molar-refractivity contribution in [2.45, 2.75) is 33.6 Å². The third kappa shape index (κ3) is 2.67. The van der Waals surface area contributed by atoms with Crippen LogP contribution in [0.1, 0.15) is 36.5 Å². The van der Waals surface area contributed by atoms with E-state index in [1.165, 1.54) is 17.7 Å². The molecular weight excluding hydrogens is 242 g/mol. The van der Waals surface area contributed by atoms with E-state index in [1.54, 1.807) is 0 Å². The van der Waals surface area contributed by atoms with E-state index in [0.717, 1.165) is 22.8 Å². The van der Waals surface area contributed by atoms with Gasteiger partial charge in [-0.25, -0.2) is 8.78 Å². The maximum Gasteiger partial charge on any atom is 0.133 e. The summed E-state index contributed by atoms with van der Waals surface area (Å²) in [5, 5.41) is 0. The van der Waals surface area contributed by atoms with Crippen LogP contribution in [0.15, 0.2) is 30.3 Å². The van der Waals surface area contributed by atoms with Gasteiger partial charge in [-0.15, -0.1) is 0 Å². The van der Waals surface area contributed by atoms with Gasteiger partial charge in [0, 0.05) is 11.6 Å². The summed E-state index contributed by atoms with van der Waals surface area (Å²) < 4.78 is 26.8. The predicted molar refractivity (Wildman–Crippen MR) is 75.4 cm³/mol. The number of halogens is 2. The van der Waals surface area contributed by atoms with Crippen LogP contribution in [0.4, 0.5) is 8.78 Å². The molecule has 0 amide bonds. The summed E-state index contributed by atoms with van der Waals surface area (Å²) in [6.07, 6.45) is 0. The highest BCUT2D eigenvalue weighted by molar-refractivity contribution is 5.67. The van der Waals surface area contributed by atoms with Gasteiger partial charge in [-0.3, -0.25) is 0 Å². The van der Waals surface area contributed by atoms with Crippen LogP contribution in [-0.2, 0) is 0 Å². The molecule has 0 N–H and O–H groups in total. The summed E-state index contributed by atoms with van der Waals surface area (Å²) in [6.45, 7) is 8.36. The van der Waals surface area contributed by atoms with Crippen LogP contribution in [0.2, 0.25) is 0 Å². The largest absolute Gasteiger partial charge is 0.207 e. The molecule has 0 aliphatic carbocycles. The maximum absolute atomic E-state index is 13.8. The van der Waals surface area contributed by atoms with E-state index in [1.807, 2.05) is 26.0 Å². The highest BCUT2D eigenvalue weighted by Crippen LogP contribution is 2.30. The van der Waals surface area contributed by atoms with Gasteiger partial charge in [-0.1, -0.05) is 26.0 Å².